The Kier molecular flexibility index (Phi) is 11.6. The van der Waals surface area contributed by atoms with E-state index in [1.54, 1.807) is 24.3 Å². The molecule has 1 heterocycles. The van der Waals surface area contributed by atoms with Crippen molar-refractivity contribution in [3.8, 4) is 5.75 Å². The van der Waals surface area contributed by atoms with E-state index in [4.69, 9.17) is 4.84 Å². The summed E-state index contributed by atoms with van der Waals surface area (Å²) in [5.41, 5.74) is 0.354. The van der Waals surface area contributed by atoms with Gasteiger partial charge in [0.1, 0.15) is 5.82 Å². The first-order chi connectivity index (χ1) is 18.3. The van der Waals surface area contributed by atoms with E-state index < -0.39 is 15.8 Å². The van der Waals surface area contributed by atoms with Crippen LogP contribution >= 0.6 is 28.3 Å². The minimum atomic E-state index is -4.26. The van der Waals surface area contributed by atoms with E-state index >= 15 is 0 Å². The van der Waals surface area contributed by atoms with E-state index in [2.05, 4.69) is 26.6 Å². The summed E-state index contributed by atoms with van der Waals surface area (Å²) in [7, 11) is -4.26. The van der Waals surface area contributed by atoms with E-state index in [9.17, 15) is 17.6 Å². The minimum absolute atomic E-state index is 0. The van der Waals surface area contributed by atoms with E-state index in [1.807, 2.05) is 0 Å². The van der Waals surface area contributed by atoms with Gasteiger partial charge in [0.25, 0.3) is 15.9 Å². The van der Waals surface area contributed by atoms with Crippen LogP contribution in [-0.2, 0) is 10.0 Å². The average molecular weight is 641 g/mol. The van der Waals surface area contributed by atoms with Crippen LogP contribution < -0.4 is 19.9 Å². The Morgan fingerprint density at radius 2 is 1.72 bits per heavy atom. The molecule has 0 saturated carbocycles. The maximum atomic E-state index is 14.0. The Balaban J connectivity index is 0.00000420. The lowest BCUT2D eigenvalue weighted by Gasteiger charge is -2.24. The summed E-state index contributed by atoms with van der Waals surface area (Å²) in [6.45, 7) is 2.74. The van der Waals surface area contributed by atoms with Crippen LogP contribution in [0.1, 0.15) is 42.5 Å². The highest BCUT2D eigenvalue weighted by Crippen LogP contribution is 2.28. The predicted molar refractivity (Wildman–Crippen MR) is 156 cm³/mol. The second-order valence-corrected chi connectivity index (χ2v) is 11.9. The van der Waals surface area contributed by atoms with Gasteiger partial charge in [0.2, 0.25) is 0 Å². The van der Waals surface area contributed by atoms with Gasteiger partial charge in [-0.15, -0.1) is 12.4 Å². The molecule has 0 spiro atoms. The van der Waals surface area contributed by atoms with Gasteiger partial charge in [0, 0.05) is 22.6 Å². The Hall–Kier alpha value is -2.66. The molecule has 39 heavy (non-hydrogen) atoms. The molecule has 0 radical (unpaired) electrons. The van der Waals surface area contributed by atoms with Crippen LogP contribution in [0.4, 0.5) is 10.1 Å². The molecule has 11 heteroatoms. The Morgan fingerprint density at radius 1 is 1.03 bits per heavy atom. The van der Waals surface area contributed by atoms with E-state index in [0.29, 0.717) is 16.6 Å². The van der Waals surface area contributed by atoms with Gasteiger partial charge in [0.05, 0.1) is 10.6 Å². The summed E-state index contributed by atoms with van der Waals surface area (Å²) >= 11 is 3.33. The number of carbonyl (C=O) groups excluding carboxylic acids is 1. The molecule has 2 N–H and O–H groups in total. The van der Waals surface area contributed by atoms with Crippen LogP contribution in [-0.4, -0.2) is 34.0 Å². The van der Waals surface area contributed by atoms with Crippen molar-refractivity contribution in [1.82, 2.24) is 10.6 Å². The monoisotopic (exact) mass is 639 g/mol. The van der Waals surface area contributed by atoms with Gasteiger partial charge in [-0.2, -0.15) is 8.42 Å². The molecule has 210 valence electrons. The zero-order valence-electron chi connectivity index (χ0n) is 21.3. The largest absolute Gasteiger partial charge is 0.364 e. The third-order valence-corrected chi connectivity index (χ3v) is 8.56. The van der Waals surface area contributed by atoms with Crippen LogP contribution in [0.3, 0.4) is 0 Å². The molecule has 0 atom stereocenters. The molecule has 1 fully saturated rings. The molecule has 1 amide bonds. The third kappa shape index (κ3) is 8.66. The van der Waals surface area contributed by atoms with Crippen LogP contribution in [0.2, 0.25) is 0 Å². The molecule has 0 unspecified atom stereocenters. The number of piperidine rings is 1. The van der Waals surface area contributed by atoms with E-state index in [0.717, 1.165) is 42.4 Å². The lowest BCUT2D eigenvalue weighted by Crippen LogP contribution is -2.34. The molecule has 3 aromatic carbocycles. The van der Waals surface area contributed by atoms with E-state index in [1.165, 1.54) is 61.7 Å². The summed E-state index contributed by atoms with van der Waals surface area (Å²) in [5.74, 6) is 0.145. The summed E-state index contributed by atoms with van der Waals surface area (Å²) in [5, 5.41) is 6.28. The number of carbonyl (C=O) groups is 1. The number of rotatable bonds is 11. The highest BCUT2D eigenvalue weighted by Gasteiger charge is 2.28. The molecule has 1 aliphatic heterocycles. The van der Waals surface area contributed by atoms with Gasteiger partial charge in [-0.25, -0.2) is 4.39 Å². The molecule has 4 rings (SSSR count). The first-order valence-electron chi connectivity index (χ1n) is 12.7. The third-order valence-electron chi connectivity index (χ3n) is 6.44. The fourth-order valence-corrected chi connectivity index (χ4v) is 5.84. The van der Waals surface area contributed by atoms with Crippen LogP contribution in [0.15, 0.2) is 82.2 Å². The number of nitrogens with zero attached hydrogens (tertiary/aromatic N) is 1. The first-order valence-corrected chi connectivity index (χ1v) is 14.9. The van der Waals surface area contributed by atoms with Crippen molar-refractivity contribution in [2.24, 2.45) is 5.92 Å². The molecule has 0 bridgehead atoms. The molecule has 7 nitrogen and oxygen atoms in total. The first kappa shape index (κ1) is 30.9. The van der Waals surface area contributed by atoms with Gasteiger partial charge < -0.3 is 15.5 Å². The van der Waals surface area contributed by atoms with Crippen LogP contribution in [0.25, 0.3) is 0 Å². The highest BCUT2D eigenvalue weighted by atomic mass is 79.9. The normalized spacial score (nSPS) is 13.8. The van der Waals surface area contributed by atoms with Crippen molar-refractivity contribution < 1.29 is 22.4 Å². The molecule has 0 aromatic heterocycles. The number of hydrogen-bond acceptors (Lipinski definition) is 5. The summed E-state index contributed by atoms with van der Waals surface area (Å²) in [4.78, 5) is 18.2. The van der Waals surface area contributed by atoms with Gasteiger partial charge in [0.15, 0.2) is 5.75 Å². The standard InChI is InChI=1S/C28H31BrFN3O4S.ClH/c29-23-9-11-26(12-10-23)37-33(25-6-3-5-24(30)20-25)38(35,36)27-13-7-22(8-14-27)28(34)32-17-2-1-4-21-15-18-31-19-16-21;/h3,5-14,20-21,31H,1-2,4,15-19H2,(H,32,34);1H. The fourth-order valence-electron chi connectivity index (χ4n) is 4.33. The van der Waals surface area contributed by atoms with Crippen molar-refractivity contribution in [1.29, 1.82) is 0 Å². The summed E-state index contributed by atoms with van der Waals surface area (Å²) < 4.78 is 42.5. The Bertz CT molecular complexity index is 1320. The van der Waals surface area contributed by atoms with Crippen molar-refractivity contribution in [3.63, 3.8) is 0 Å². The van der Waals surface area contributed by atoms with Crippen LogP contribution in [0, 0.1) is 11.7 Å². The summed E-state index contributed by atoms with van der Waals surface area (Å²) in [6.07, 6.45) is 5.57. The van der Waals surface area contributed by atoms with Crippen LogP contribution in [0.5, 0.6) is 5.75 Å². The number of unbranched alkanes of at least 4 members (excludes halogenated alkanes) is 1. The van der Waals surface area contributed by atoms with Crippen molar-refractivity contribution >= 4 is 50.0 Å². The lowest BCUT2D eigenvalue weighted by molar-refractivity contribution is 0.0952. The number of anilines is 1. The minimum Gasteiger partial charge on any atom is -0.364 e. The maximum Gasteiger partial charge on any atom is 0.295 e. The zero-order chi connectivity index (χ0) is 27.0. The Morgan fingerprint density at radius 3 is 2.38 bits per heavy atom. The average Bonchev–Trinajstić information content (AvgIpc) is 2.93. The smallest absolute Gasteiger partial charge is 0.295 e. The van der Waals surface area contributed by atoms with Gasteiger partial charge in [-0.1, -0.05) is 39.3 Å². The van der Waals surface area contributed by atoms with Gasteiger partial charge in [-0.3, -0.25) is 4.79 Å². The molecule has 0 aliphatic carbocycles. The van der Waals surface area contributed by atoms with Gasteiger partial charge in [-0.05, 0) is 98.9 Å². The highest BCUT2D eigenvalue weighted by molar-refractivity contribution is 9.10. The van der Waals surface area contributed by atoms with Gasteiger partial charge >= 0.3 is 0 Å². The zero-order valence-corrected chi connectivity index (χ0v) is 24.5. The number of sulfonamides is 1. The topological polar surface area (TPSA) is 87.7 Å². The predicted octanol–water partition coefficient (Wildman–Crippen LogP) is 6.10. The number of benzene rings is 3. The molecule has 1 aliphatic rings. The second-order valence-electron chi connectivity index (χ2n) is 9.23. The molecular formula is C28H32BrClFN3O4S. The maximum absolute atomic E-state index is 14.0. The molecular weight excluding hydrogens is 609 g/mol. The number of nitrogens with one attached hydrogen (secondary N) is 2. The lowest BCUT2D eigenvalue weighted by atomic mass is 9.92. The second kappa shape index (κ2) is 14.6. The fraction of sp³-hybridized carbons (Fsp3) is 0.321. The van der Waals surface area contributed by atoms with Crippen molar-refractivity contribution in [3.05, 3.63) is 88.6 Å². The van der Waals surface area contributed by atoms with Crippen molar-refractivity contribution in [2.75, 3.05) is 24.1 Å². The number of hydrogen-bond donors (Lipinski definition) is 2. The van der Waals surface area contributed by atoms with E-state index in [-0.39, 0.29) is 34.6 Å². The number of amides is 1. The number of halogens is 3. The Labute approximate surface area is 243 Å². The SMILES string of the molecule is Cl.O=C(NCCCCC1CCNCC1)c1ccc(S(=O)(=O)N(Oc2ccc(Br)cc2)c2cccc(F)c2)cc1. The molecule has 1 saturated heterocycles. The quantitative estimate of drug-likeness (QED) is 0.195. The summed E-state index contributed by atoms with van der Waals surface area (Å²) in [6, 6.07) is 17.3. The molecule has 3 aromatic rings. The van der Waals surface area contributed by atoms with Crippen molar-refractivity contribution in [2.45, 2.75) is 37.0 Å².